The molecule has 0 saturated heterocycles. The van der Waals surface area contributed by atoms with Gasteiger partial charge in [-0.2, -0.15) is 0 Å². The Hall–Kier alpha value is 0. The lowest BCUT2D eigenvalue weighted by Crippen LogP contribution is -2.52. The van der Waals surface area contributed by atoms with E-state index in [2.05, 4.69) is 0 Å². The molecule has 0 spiro atoms. The Labute approximate surface area is 342 Å². The molecule has 0 aromatic heterocycles. The van der Waals surface area contributed by atoms with Crippen LogP contribution >= 0.6 is 0 Å². The van der Waals surface area contributed by atoms with Crippen LogP contribution in [0.3, 0.4) is 0 Å². The second-order valence-corrected chi connectivity index (χ2v) is 20.7. The van der Waals surface area contributed by atoms with E-state index in [-0.39, 0.29) is 0 Å². The summed E-state index contributed by atoms with van der Waals surface area (Å²) >= 11 is 0. The van der Waals surface area contributed by atoms with Gasteiger partial charge in [0.2, 0.25) is 0 Å². The van der Waals surface area contributed by atoms with E-state index in [4.69, 9.17) is 0 Å². The molecule has 0 heteroatoms. The summed E-state index contributed by atoms with van der Waals surface area (Å²) in [5.41, 5.74) is 1.20. The van der Waals surface area contributed by atoms with Gasteiger partial charge in [-0.15, -0.1) is 0 Å². The molecular weight excluding hydrogens is 649 g/mol. The third-order valence-electron chi connectivity index (χ3n) is 16.8. The minimum Gasteiger partial charge on any atom is -0.0533 e. The van der Waals surface area contributed by atoms with E-state index in [0.29, 0.717) is 10.8 Å². The van der Waals surface area contributed by atoms with E-state index in [9.17, 15) is 0 Å². The van der Waals surface area contributed by atoms with Gasteiger partial charge in [0.1, 0.15) is 0 Å². The quantitative estimate of drug-likeness (QED) is 0.269. The highest BCUT2D eigenvalue weighted by atomic mass is 14.6. The van der Waals surface area contributed by atoms with Crippen LogP contribution in [0.4, 0.5) is 0 Å². The number of hydrogen-bond donors (Lipinski definition) is 0. The van der Waals surface area contributed by atoms with Crippen molar-refractivity contribution in [3.8, 4) is 0 Å². The first-order valence-corrected chi connectivity index (χ1v) is 26.9. The Balaban J connectivity index is 1.75. The molecule has 0 atom stereocenters. The van der Waals surface area contributed by atoms with E-state index >= 15 is 0 Å². The summed E-state index contributed by atoms with van der Waals surface area (Å²) in [7, 11) is 0. The molecule has 4 aliphatic rings. The molecule has 0 bridgehead atoms. The van der Waals surface area contributed by atoms with E-state index < -0.39 is 0 Å². The minimum atomic E-state index is 0.596. The Bertz CT molecular complexity index is 770. The summed E-state index contributed by atoms with van der Waals surface area (Å²) in [5, 5.41) is 0. The third kappa shape index (κ3) is 17.9. The van der Waals surface area contributed by atoms with E-state index in [0.717, 1.165) is 11.8 Å². The van der Waals surface area contributed by atoms with Crippen LogP contribution in [0.5, 0.6) is 0 Å². The van der Waals surface area contributed by atoms with Crippen molar-refractivity contribution in [2.24, 2.45) is 22.7 Å². The van der Waals surface area contributed by atoms with Gasteiger partial charge in [-0.25, -0.2) is 0 Å². The number of hydrogen-bond acceptors (Lipinski definition) is 0. The van der Waals surface area contributed by atoms with Crippen molar-refractivity contribution in [2.45, 2.75) is 321 Å². The van der Waals surface area contributed by atoms with E-state index in [1.54, 1.807) is 103 Å². The summed E-state index contributed by atoms with van der Waals surface area (Å²) in [4.78, 5) is 0. The van der Waals surface area contributed by atoms with Gasteiger partial charge in [-0.3, -0.25) is 0 Å². The second kappa shape index (κ2) is 31.0. The molecule has 0 aromatic carbocycles. The van der Waals surface area contributed by atoms with Crippen molar-refractivity contribution in [1.29, 1.82) is 0 Å². The van der Waals surface area contributed by atoms with Crippen molar-refractivity contribution in [2.75, 3.05) is 0 Å². The van der Waals surface area contributed by atoms with Gasteiger partial charge < -0.3 is 0 Å². The van der Waals surface area contributed by atoms with Crippen LogP contribution < -0.4 is 0 Å². The molecule has 0 unspecified atom stereocenters. The minimum absolute atomic E-state index is 0.596. The topological polar surface area (TPSA) is 0 Å². The smallest absolute Gasteiger partial charge is 0.0210 e. The van der Waals surface area contributed by atoms with Crippen LogP contribution in [-0.4, -0.2) is 0 Å². The fourth-order valence-electron chi connectivity index (χ4n) is 13.6. The van der Waals surface area contributed by atoms with Crippen molar-refractivity contribution in [3.63, 3.8) is 0 Å². The predicted octanol–water partition coefficient (Wildman–Crippen LogP) is 19.8. The summed E-state index contributed by atoms with van der Waals surface area (Å²) in [6.45, 7) is 0. The van der Waals surface area contributed by atoms with Gasteiger partial charge in [0.15, 0.2) is 0 Å². The molecule has 0 amide bonds. The van der Waals surface area contributed by atoms with Crippen molar-refractivity contribution in [3.05, 3.63) is 0 Å². The highest BCUT2D eigenvalue weighted by molar-refractivity contribution is 5.05. The highest BCUT2D eigenvalue weighted by Crippen LogP contribution is 2.65. The molecule has 0 nitrogen and oxygen atoms in total. The lowest BCUT2D eigenvalue weighted by Gasteiger charge is -2.61. The molecule has 4 fully saturated rings. The first-order valence-electron chi connectivity index (χ1n) is 26.9. The van der Waals surface area contributed by atoms with Crippen molar-refractivity contribution < 1.29 is 0 Å². The maximum Gasteiger partial charge on any atom is -0.0210 e. The van der Waals surface area contributed by atoms with Crippen molar-refractivity contribution in [1.82, 2.24) is 0 Å². The van der Waals surface area contributed by atoms with E-state index in [1.807, 2.05) is 0 Å². The fourth-order valence-corrected chi connectivity index (χ4v) is 13.6. The van der Waals surface area contributed by atoms with Crippen LogP contribution in [0.2, 0.25) is 0 Å². The molecule has 4 aliphatic carbocycles. The first kappa shape index (κ1) is 46.7. The number of rotatable bonds is 3. The Morgan fingerprint density at radius 2 is 0.278 bits per heavy atom. The average molecular weight is 751 g/mol. The first-order chi connectivity index (χ1) is 26.9. The molecule has 4 saturated carbocycles. The summed E-state index contributed by atoms with van der Waals surface area (Å²) < 4.78 is 0. The lowest BCUT2D eigenvalue weighted by molar-refractivity contribution is -0.113. The molecular formula is C54H102. The van der Waals surface area contributed by atoms with Crippen LogP contribution in [-0.2, 0) is 0 Å². The molecule has 0 aromatic rings. The monoisotopic (exact) mass is 751 g/mol. The Morgan fingerprint density at radius 1 is 0.148 bits per heavy atom. The molecule has 318 valence electrons. The Morgan fingerprint density at radius 3 is 0.444 bits per heavy atom. The van der Waals surface area contributed by atoms with Gasteiger partial charge in [0, 0.05) is 0 Å². The summed E-state index contributed by atoms with van der Waals surface area (Å²) in [5.74, 6) is 2.00. The third-order valence-corrected chi connectivity index (χ3v) is 16.8. The van der Waals surface area contributed by atoms with E-state index in [1.165, 1.54) is 218 Å². The van der Waals surface area contributed by atoms with Gasteiger partial charge in [0.05, 0.1) is 0 Å². The molecule has 54 heavy (non-hydrogen) atoms. The van der Waals surface area contributed by atoms with Crippen LogP contribution in [0.1, 0.15) is 321 Å². The maximum atomic E-state index is 1.62. The normalized spacial score (nSPS) is 27.8. The average Bonchev–Trinajstić information content (AvgIpc) is 3.18. The fraction of sp³-hybridized carbons (Fsp3) is 1.00. The zero-order chi connectivity index (χ0) is 37.5. The molecule has 0 radical (unpaired) electrons. The molecule has 0 heterocycles. The Kier molecular flexibility index (Phi) is 26.8. The van der Waals surface area contributed by atoms with Crippen molar-refractivity contribution >= 4 is 0 Å². The van der Waals surface area contributed by atoms with Crippen LogP contribution in [0.25, 0.3) is 0 Å². The zero-order valence-corrected chi connectivity index (χ0v) is 37.5. The van der Waals surface area contributed by atoms with Gasteiger partial charge in [-0.1, -0.05) is 270 Å². The summed E-state index contributed by atoms with van der Waals surface area (Å²) in [6.07, 6.45) is 77.0. The van der Waals surface area contributed by atoms with Crippen LogP contribution in [0.15, 0.2) is 0 Å². The predicted molar refractivity (Wildman–Crippen MR) is 243 cm³/mol. The highest BCUT2D eigenvalue weighted by Gasteiger charge is 2.56. The van der Waals surface area contributed by atoms with Crippen LogP contribution in [0, 0.1) is 22.7 Å². The molecule has 0 aliphatic heterocycles. The molecule has 4 rings (SSSR count). The zero-order valence-electron chi connectivity index (χ0n) is 37.5. The van der Waals surface area contributed by atoms with Gasteiger partial charge in [0.25, 0.3) is 0 Å². The maximum absolute atomic E-state index is 1.62. The lowest BCUT2D eigenvalue weighted by atomic mass is 9.44. The van der Waals surface area contributed by atoms with Gasteiger partial charge in [-0.05, 0) is 74.0 Å². The second-order valence-electron chi connectivity index (χ2n) is 20.7. The SMILES string of the molecule is C1CCCCCCCCC(C2(C3(C4CCCCCCCCCCC4)CCCCCCCCC3)CCCCCCCCCCCCC2)CCCCCCCC1. The standard InChI is InChI=1S/C54H102/c1-2-4-7-12-19-27-35-43-51(44-36-28-20-13-8-5-3-1)53(47-39-31-23-16-9-6-10-17-24-32-40-48-53)54(49-41-33-25-18-26-34-42-50-54)52-45-37-29-21-14-11-15-22-30-38-46-52/h51-52H,1-50H2. The molecule has 0 N–H and O–H groups in total. The largest absolute Gasteiger partial charge is 0.0533 e. The van der Waals surface area contributed by atoms with Gasteiger partial charge >= 0.3 is 0 Å². The summed E-state index contributed by atoms with van der Waals surface area (Å²) in [6, 6.07) is 0.